The molecule has 1 atom stereocenters. The fourth-order valence-corrected chi connectivity index (χ4v) is 5.06. The van der Waals surface area contributed by atoms with Crippen LogP contribution in [0.1, 0.15) is 37.8 Å². The first-order valence-electron chi connectivity index (χ1n) is 10.6. The predicted molar refractivity (Wildman–Crippen MR) is 119 cm³/mol. The molecule has 1 fully saturated rings. The molecule has 0 aromatic heterocycles. The van der Waals surface area contributed by atoms with E-state index in [1.807, 2.05) is 17.0 Å². The maximum Gasteiger partial charge on any atom is 0.243 e. The Morgan fingerprint density at radius 3 is 2.19 bits per heavy atom. The van der Waals surface area contributed by atoms with Gasteiger partial charge in [0.1, 0.15) is 5.82 Å². The normalized spacial score (nSPS) is 16.9. The fraction of sp³-hybridized carbons (Fsp3) is 0.435. The SMILES string of the molecule is CC(C)c1ccc(S(=O)(=O)N2CCN(C(C)C(=O)NCc3ccccc3F)CC2)cc1. The van der Waals surface area contributed by atoms with Crippen molar-refractivity contribution in [1.29, 1.82) is 0 Å². The van der Waals surface area contributed by atoms with Crippen LogP contribution in [0, 0.1) is 5.82 Å². The number of rotatable bonds is 7. The summed E-state index contributed by atoms with van der Waals surface area (Å²) in [5.41, 5.74) is 1.53. The zero-order valence-corrected chi connectivity index (χ0v) is 19.0. The monoisotopic (exact) mass is 447 g/mol. The van der Waals surface area contributed by atoms with E-state index in [0.717, 1.165) is 5.56 Å². The summed E-state index contributed by atoms with van der Waals surface area (Å²) in [7, 11) is -3.56. The number of carbonyl (C=O) groups is 1. The predicted octanol–water partition coefficient (Wildman–Crippen LogP) is 2.96. The van der Waals surface area contributed by atoms with Crippen LogP contribution in [-0.4, -0.2) is 55.8 Å². The number of nitrogens with zero attached hydrogens (tertiary/aromatic N) is 2. The molecule has 8 heteroatoms. The van der Waals surface area contributed by atoms with Crippen LogP contribution in [0.5, 0.6) is 0 Å². The highest BCUT2D eigenvalue weighted by molar-refractivity contribution is 7.89. The average molecular weight is 448 g/mol. The van der Waals surface area contributed by atoms with Crippen molar-refractivity contribution in [3.8, 4) is 0 Å². The minimum absolute atomic E-state index is 0.122. The van der Waals surface area contributed by atoms with Crippen LogP contribution < -0.4 is 5.32 Å². The highest BCUT2D eigenvalue weighted by Gasteiger charge is 2.31. The summed E-state index contributed by atoms with van der Waals surface area (Å²) in [6.07, 6.45) is 0. The first kappa shape index (κ1) is 23.4. The highest BCUT2D eigenvalue weighted by Crippen LogP contribution is 2.21. The number of carbonyl (C=O) groups excluding carboxylic acids is 1. The summed E-state index contributed by atoms with van der Waals surface area (Å²) < 4.78 is 41.1. The molecule has 1 aliphatic heterocycles. The summed E-state index contributed by atoms with van der Waals surface area (Å²) in [4.78, 5) is 14.7. The molecule has 2 aromatic rings. The van der Waals surface area contributed by atoms with E-state index in [1.165, 1.54) is 10.4 Å². The topological polar surface area (TPSA) is 69.7 Å². The second-order valence-electron chi connectivity index (χ2n) is 8.15. The van der Waals surface area contributed by atoms with Crippen LogP contribution in [0.3, 0.4) is 0 Å². The van der Waals surface area contributed by atoms with Gasteiger partial charge in [0.25, 0.3) is 0 Å². The average Bonchev–Trinajstić information content (AvgIpc) is 2.78. The molecular formula is C23H30FN3O3S. The minimum Gasteiger partial charge on any atom is -0.351 e. The number of halogens is 1. The van der Waals surface area contributed by atoms with Gasteiger partial charge in [0, 0.05) is 38.3 Å². The van der Waals surface area contributed by atoms with Gasteiger partial charge in [-0.1, -0.05) is 44.2 Å². The smallest absolute Gasteiger partial charge is 0.243 e. The second kappa shape index (κ2) is 9.89. The Bertz CT molecular complexity index is 1000. The third-order valence-electron chi connectivity index (χ3n) is 5.80. The van der Waals surface area contributed by atoms with E-state index in [0.29, 0.717) is 42.6 Å². The minimum atomic E-state index is -3.56. The molecule has 0 spiro atoms. The number of benzene rings is 2. The van der Waals surface area contributed by atoms with Crippen LogP contribution in [-0.2, 0) is 21.4 Å². The van der Waals surface area contributed by atoms with E-state index in [2.05, 4.69) is 19.2 Å². The van der Waals surface area contributed by atoms with Crippen LogP contribution in [0.15, 0.2) is 53.4 Å². The Hall–Kier alpha value is -2.29. The largest absolute Gasteiger partial charge is 0.351 e. The number of piperazine rings is 1. The van der Waals surface area contributed by atoms with Crippen molar-refractivity contribution in [2.45, 2.75) is 44.2 Å². The summed E-state index contributed by atoms with van der Waals surface area (Å²) in [5, 5.41) is 2.77. The molecule has 0 saturated carbocycles. The molecular weight excluding hydrogens is 417 g/mol. The van der Waals surface area contributed by atoms with Gasteiger partial charge >= 0.3 is 0 Å². The van der Waals surface area contributed by atoms with Crippen molar-refractivity contribution in [2.75, 3.05) is 26.2 Å². The lowest BCUT2D eigenvalue weighted by Gasteiger charge is -2.36. The van der Waals surface area contributed by atoms with Gasteiger partial charge in [0.15, 0.2) is 0 Å². The van der Waals surface area contributed by atoms with Gasteiger partial charge < -0.3 is 5.32 Å². The quantitative estimate of drug-likeness (QED) is 0.709. The zero-order chi connectivity index (χ0) is 22.6. The Labute approximate surface area is 184 Å². The molecule has 0 bridgehead atoms. The number of sulfonamides is 1. The number of amides is 1. The van der Waals surface area contributed by atoms with Crippen LogP contribution >= 0.6 is 0 Å². The highest BCUT2D eigenvalue weighted by atomic mass is 32.2. The van der Waals surface area contributed by atoms with Crippen LogP contribution in [0.2, 0.25) is 0 Å². The fourth-order valence-electron chi connectivity index (χ4n) is 3.64. The van der Waals surface area contributed by atoms with E-state index >= 15 is 0 Å². The molecule has 1 heterocycles. The zero-order valence-electron chi connectivity index (χ0n) is 18.2. The van der Waals surface area contributed by atoms with Crippen molar-refractivity contribution in [3.05, 3.63) is 65.5 Å². The Morgan fingerprint density at radius 2 is 1.61 bits per heavy atom. The Balaban J connectivity index is 1.55. The van der Waals surface area contributed by atoms with Gasteiger partial charge in [0.2, 0.25) is 15.9 Å². The summed E-state index contributed by atoms with van der Waals surface area (Å²) >= 11 is 0. The van der Waals surface area contributed by atoms with E-state index in [1.54, 1.807) is 37.3 Å². The maximum atomic E-state index is 13.7. The molecule has 1 aliphatic rings. The molecule has 1 N–H and O–H groups in total. The molecule has 0 aliphatic carbocycles. The van der Waals surface area contributed by atoms with Gasteiger partial charge in [-0.3, -0.25) is 9.69 Å². The van der Waals surface area contributed by atoms with Gasteiger partial charge in [-0.15, -0.1) is 0 Å². The lowest BCUT2D eigenvalue weighted by molar-refractivity contribution is -0.126. The Morgan fingerprint density at radius 1 is 1.00 bits per heavy atom. The molecule has 2 aromatic carbocycles. The third kappa shape index (κ3) is 5.50. The lowest BCUT2D eigenvalue weighted by Crippen LogP contribution is -2.54. The third-order valence-corrected chi connectivity index (χ3v) is 7.71. The van der Waals surface area contributed by atoms with Gasteiger partial charge in [-0.2, -0.15) is 4.31 Å². The van der Waals surface area contributed by atoms with E-state index in [-0.39, 0.29) is 18.3 Å². The second-order valence-corrected chi connectivity index (χ2v) is 10.1. The molecule has 0 radical (unpaired) electrons. The molecule has 31 heavy (non-hydrogen) atoms. The first-order valence-corrected chi connectivity index (χ1v) is 12.0. The lowest BCUT2D eigenvalue weighted by atomic mass is 10.0. The van der Waals surface area contributed by atoms with Crippen molar-refractivity contribution < 1.29 is 17.6 Å². The number of hydrogen-bond acceptors (Lipinski definition) is 4. The molecule has 1 saturated heterocycles. The molecule has 3 rings (SSSR count). The first-order chi connectivity index (χ1) is 14.7. The van der Waals surface area contributed by atoms with Crippen molar-refractivity contribution >= 4 is 15.9 Å². The van der Waals surface area contributed by atoms with E-state index < -0.39 is 16.1 Å². The van der Waals surface area contributed by atoms with Crippen molar-refractivity contribution in [1.82, 2.24) is 14.5 Å². The van der Waals surface area contributed by atoms with Crippen molar-refractivity contribution in [2.24, 2.45) is 0 Å². The summed E-state index contributed by atoms with van der Waals surface area (Å²) in [6.45, 7) is 7.59. The standard InChI is InChI=1S/C23H30FN3O3S/c1-17(2)19-8-10-21(11-9-19)31(29,30)27-14-12-26(13-15-27)18(3)23(28)25-16-20-6-4-5-7-22(20)24/h4-11,17-18H,12-16H2,1-3H3,(H,25,28). The van der Waals surface area contributed by atoms with Crippen LogP contribution in [0.4, 0.5) is 4.39 Å². The molecule has 1 amide bonds. The summed E-state index contributed by atoms with van der Waals surface area (Å²) in [5.74, 6) is -0.217. The number of hydrogen-bond donors (Lipinski definition) is 1. The maximum absolute atomic E-state index is 13.7. The molecule has 168 valence electrons. The van der Waals surface area contributed by atoms with E-state index in [9.17, 15) is 17.6 Å². The Kier molecular flexibility index (Phi) is 7.46. The number of nitrogens with one attached hydrogen (secondary N) is 1. The summed E-state index contributed by atoms with van der Waals surface area (Å²) in [6, 6.07) is 12.9. The van der Waals surface area contributed by atoms with E-state index in [4.69, 9.17) is 0 Å². The molecule has 6 nitrogen and oxygen atoms in total. The molecule has 1 unspecified atom stereocenters. The van der Waals surface area contributed by atoms with Gasteiger partial charge in [-0.05, 0) is 36.6 Å². The van der Waals surface area contributed by atoms with Gasteiger partial charge in [-0.25, -0.2) is 12.8 Å². The van der Waals surface area contributed by atoms with Crippen molar-refractivity contribution in [3.63, 3.8) is 0 Å². The van der Waals surface area contributed by atoms with Crippen LogP contribution in [0.25, 0.3) is 0 Å². The van der Waals surface area contributed by atoms with Gasteiger partial charge in [0.05, 0.1) is 10.9 Å².